The van der Waals surface area contributed by atoms with E-state index in [2.05, 4.69) is 0 Å². The molecule has 20 heavy (non-hydrogen) atoms. The highest BCUT2D eigenvalue weighted by molar-refractivity contribution is 5.76. The van der Waals surface area contributed by atoms with Crippen LogP contribution in [0.3, 0.4) is 0 Å². The van der Waals surface area contributed by atoms with Gasteiger partial charge in [-0.25, -0.2) is 0 Å². The molecule has 0 aromatic heterocycles. The number of ether oxygens (including phenoxy) is 1. The van der Waals surface area contributed by atoms with Crippen LogP contribution in [0.1, 0.15) is 55.4 Å². The van der Waals surface area contributed by atoms with Crippen LogP contribution in [0.15, 0.2) is 0 Å². The molecule has 0 aliphatic heterocycles. The molecule has 2 unspecified atom stereocenters. The quantitative estimate of drug-likeness (QED) is 0.707. The van der Waals surface area contributed by atoms with Crippen molar-refractivity contribution in [2.75, 3.05) is 6.61 Å². The smallest absolute Gasteiger partial charge is 0.314 e. The van der Waals surface area contributed by atoms with Crippen LogP contribution in [0.4, 0.5) is 0 Å². The average molecular weight is 288 g/mol. The van der Waals surface area contributed by atoms with E-state index in [9.17, 15) is 15.0 Å². The molecule has 0 rings (SSSR count). The number of rotatable bonds is 7. The second-order valence-corrected chi connectivity index (χ2v) is 7.66. The third-order valence-corrected chi connectivity index (χ3v) is 3.90. The Kier molecular flexibility index (Phi) is 6.69. The zero-order valence-electron chi connectivity index (χ0n) is 14.2. The highest BCUT2D eigenvalue weighted by Gasteiger charge is 2.40. The second-order valence-electron chi connectivity index (χ2n) is 7.66. The summed E-state index contributed by atoms with van der Waals surface area (Å²) in [6, 6.07) is 0. The van der Waals surface area contributed by atoms with Crippen LogP contribution in [0.5, 0.6) is 0 Å². The fourth-order valence-electron chi connectivity index (χ4n) is 2.38. The fourth-order valence-corrected chi connectivity index (χ4v) is 2.38. The minimum atomic E-state index is -0.951. The number of carbonyl (C=O) groups is 1. The lowest BCUT2D eigenvalue weighted by Gasteiger charge is -2.35. The SMILES string of the molecule is CC(C)C(O)C(C)(C)COC(=O)C(C)(C)C(O)C(C)C. The zero-order valence-corrected chi connectivity index (χ0v) is 14.2. The molecule has 0 radical (unpaired) electrons. The Hall–Kier alpha value is -0.610. The summed E-state index contributed by atoms with van der Waals surface area (Å²) in [4.78, 5) is 12.2. The van der Waals surface area contributed by atoms with Crippen molar-refractivity contribution in [2.24, 2.45) is 22.7 Å². The summed E-state index contributed by atoms with van der Waals surface area (Å²) in [6.45, 7) is 14.9. The minimum Gasteiger partial charge on any atom is -0.465 e. The van der Waals surface area contributed by atoms with Gasteiger partial charge in [0.1, 0.15) is 0 Å². The standard InChI is InChI=1S/C16H32O4/c1-10(2)12(17)15(5,6)9-20-14(19)16(7,8)13(18)11(3)4/h10-13,17-18H,9H2,1-8H3. The summed E-state index contributed by atoms with van der Waals surface area (Å²) >= 11 is 0. The van der Waals surface area contributed by atoms with Crippen LogP contribution < -0.4 is 0 Å². The van der Waals surface area contributed by atoms with Crippen LogP contribution >= 0.6 is 0 Å². The predicted molar refractivity (Wildman–Crippen MR) is 80.2 cm³/mol. The Bertz CT molecular complexity index is 318. The third kappa shape index (κ3) is 4.74. The van der Waals surface area contributed by atoms with Gasteiger partial charge in [-0.1, -0.05) is 41.5 Å². The van der Waals surface area contributed by atoms with Gasteiger partial charge in [0.2, 0.25) is 0 Å². The summed E-state index contributed by atoms with van der Waals surface area (Å²) in [5, 5.41) is 20.2. The van der Waals surface area contributed by atoms with Crippen molar-refractivity contribution >= 4 is 5.97 Å². The molecule has 4 nitrogen and oxygen atoms in total. The maximum absolute atomic E-state index is 12.2. The highest BCUT2D eigenvalue weighted by Crippen LogP contribution is 2.31. The maximum atomic E-state index is 12.2. The van der Waals surface area contributed by atoms with Crippen molar-refractivity contribution in [3.05, 3.63) is 0 Å². The molecule has 0 aromatic carbocycles. The summed E-state index contributed by atoms with van der Waals surface area (Å²) in [6.07, 6.45) is -1.30. The van der Waals surface area contributed by atoms with E-state index in [-0.39, 0.29) is 18.4 Å². The highest BCUT2D eigenvalue weighted by atomic mass is 16.5. The van der Waals surface area contributed by atoms with E-state index in [0.29, 0.717) is 0 Å². The molecular formula is C16H32O4. The van der Waals surface area contributed by atoms with Crippen LogP contribution in [0.2, 0.25) is 0 Å². The van der Waals surface area contributed by atoms with Gasteiger partial charge in [-0.05, 0) is 25.7 Å². The Balaban J connectivity index is 4.71. The Morgan fingerprint density at radius 1 is 0.950 bits per heavy atom. The molecular weight excluding hydrogens is 256 g/mol. The number of esters is 1. The molecule has 0 saturated carbocycles. The topological polar surface area (TPSA) is 66.8 Å². The first-order chi connectivity index (χ1) is 8.84. The van der Waals surface area contributed by atoms with Gasteiger partial charge < -0.3 is 14.9 Å². The summed E-state index contributed by atoms with van der Waals surface area (Å²) < 4.78 is 5.36. The van der Waals surface area contributed by atoms with Crippen molar-refractivity contribution in [3.8, 4) is 0 Å². The first kappa shape index (κ1) is 19.4. The maximum Gasteiger partial charge on any atom is 0.314 e. The molecule has 0 amide bonds. The molecule has 2 atom stereocenters. The van der Waals surface area contributed by atoms with Crippen molar-refractivity contribution in [2.45, 2.75) is 67.6 Å². The number of aliphatic hydroxyl groups is 2. The largest absolute Gasteiger partial charge is 0.465 e. The molecule has 0 spiro atoms. The Morgan fingerprint density at radius 2 is 1.35 bits per heavy atom. The van der Waals surface area contributed by atoms with Crippen molar-refractivity contribution in [1.82, 2.24) is 0 Å². The average Bonchev–Trinajstić information content (AvgIpc) is 2.33. The van der Waals surface area contributed by atoms with Crippen LogP contribution in [0.25, 0.3) is 0 Å². The van der Waals surface area contributed by atoms with Gasteiger partial charge in [0.25, 0.3) is 0 Å². The lowest BCUT2D eigenvalue weighted by Crippen LogP contribution is -2.44. The van der Waals surface area contributed by atoms with Gasteiger partial charge in [0, 0.05) is 5.41 Å². The number of aliphatic hydroxyl groups excluding tert-OH is 2. The van der Waals surface area contributed by atoms with Crippen molar-refractivity contribution in [3.63, 3.8) is 0 Å². The first-order valence-electron chi connectivity index (χ1n) is 7.37. The number of hydrogen-bond acceptors (Lipinski definition) is 4. The monoisotopic (exact) mass is 288 g/mol. The second kappa shape index (κ2) is 6.90. The van der Waals surface area contributed by atoms with E-state index >= 15 is 0 Å². The molecule has 120 valence electrons. The normalized spacial score (nSPS) is 16.4. The van der Waals surface area contributed by atoms with Gasteiger partial charge in [-0.3, -0.25) is 4.79 Å². The Labute approximate surface area is 123 Å². The van der Waals surface area contributed by atoms with Crippen molar-refractivity contribution < 1.29 is 19.7 Å². The lowest BCUT2D eigenvalue weighted by atomic mass is 9.80. The minimum absolute atomic E-state index is 0.0215. The predicted octanol–water partition coefficient (Wildman–Crippen LogP) is 2.62. The van der Waals surface area contributed by atoms with Crippen LogP contribution in [-0.2, 0) is 9.53 Å². The van der Waals surface area contributed by atoms with Crippen LogP contribution in [-0.4, -0.2) is 35.0 Å². The van der Waals surface area contributed by atoms with E-state index < -0.39 is 29.0 Å². The van der Waals surface area contributed by atoms with E-state index in [1.165, 1.54) is 0 Å². The Morgan fingerprint density at radius 3 is 1.70 bits per heavy atom. The van der Waals surface area contributed by atoms with E-state index in [0.717, 1.165) is 0 Å². The van der Waals surface area contributed by atoms with Gasteiger partial charge >= 0.3 is 5.97 Å². The van der Waals surface area contributed by atoms with E-state index in [4.69, 9.17) is 4.74 Å². The molecule has 0 saturated heterocycles. The van der Waals surface area contributed by atoms with Crippen molar-refractivity contribution in [1.29, 1.82) is 0 Å². The first-order valence-corrected chi connectivity index (χ1v) is 7.37. The lowest BCUT2D eigenvalue weighted by molar-refractivity contribution is -0.168. The van der Waals surface area contributed by atoms with Gasteiger partial charge in [0.15, 0.2) is 0 Å². The molecule has 0 aromatic rings. The molecule has 0 fully saturated rings. The number of hydrogen-bond donors (Lipinski definition) is 2. The zero-order chi connectivity index (χ0) is 16.3. The van der Waals surface area contributed by atoms with Gasteiger partial charge in [0.05, 0.1) is 24.2 Å². The van der Waals surface area contributed by atoms with Gasteiger partial charge in [-0.2, -0.15) is 0 Å². The molecule has 2 N–H and O–H groups in total. The molecule has 4 heteroatoms. The fraction of sp³-hybridized carbons (Fsp3) is 0.938. The van der Waals surface area contributed by atoms with E-state index in [1.54, 1.807) is 13.8 Å². The molecule has 0 aliphatic rings. The molecule has 0 aliphatic carbocycles. The van der Waals surface area contributed by atoms with Gasteiger partial charge in [-0.15, -0.1) is 0 Å². The number of carbonyl (C=O) groups excluding carboxylic acids is 1. The van der Waals surface area contributed by atoms with E-state index in [1.807, 2.05) is 41.5 Å². The molecule has 0 bridgehead atoms. The summed E-state index contributed by atoms with van der Waals surface area (Å²) in [5.74, 6) is -0.354. The summed E-state index contributed by atoms with van der Waals surface area (Å²) in [5.41, 5.74) is -1.46. The third-order valence-electron chi connectivity index (χ3n) is 3.90. The summed E-state index contributed by atoms with van der Waals surface area (Å²) in [7, 11) is 0. The molecule has 0 heterocycles. The van der Waals surface area contributed by atoms with Crippen LogP contribution in [0, 0.1) is 22.7 Å².